The molecule has 8 nitrogen and oxygen atoms in total. The molecule has 0 fully saturated rings. The van der Waals surface area contributed by atoms with Crippen LogP contribution in [-0.2, 0) is 0 Å². The summed E-state index contributed by atoms with van der Waals surface area (Å²) in [6.07, 6.45) is 0.319. The Labute approximate surface area is 104 Å². The first-order valence-corrected chi connectivity index (χ1v) is 4.78. The lowest BCUT2D eigenvalue weighted by Crippen LogP contribution is -1.97. The lowest BCUT2D eigenvalue weighted by molar-refractivity contribution is -0.385. The Balaban J connectivity index is 2.32. The van der Waals surface area contributed by atoms with Crippen LogP contribution in [-0.4, -0.2) is 21.0 Å². The number of carboxylic acids is 1. The minimum atomic E-state index is -1.34. The summed E-state index contributed by atoms with van der Waals surface area (Å²) in [5, 5.41) is 19.3. The molecule has 0 saturated heterocycles. The molecule has 0 aliphatic rings. The van der Waals surface area contributed by atoms with Gasteiger partial charge in [0.25, 0.3) is 0 Å². The van der Waals surface area contributed by atoms with Crippen LogP contribution in [0.25, 0.3) is 0 Å². The summed E-state index contributed by atoms with van der Waals surface area (Å²) < 4.78 is 22.5. The molecule has 2 rings (SSSR count). The Hall–Kier alpha value is -2.97. The number of rotatable bonds is 4. The summed E-state index contributed by atoms with van der Waals surface area (Å²) in [6.45, 7) is 0. The van der Waals surface area contributed by atoms with Gasteiger partial charge in [0.05, 0.1) is 11.0 Å². The quantitative estimate of drug-likeness (QED) is 0.667. The van der Waals surface area contributed by atoms with Crippen molar-refractivity contribution in [2.24, 2.45) is 0 Å². The van der Waals surface area contributed by atoms with E-state index in [0.717, 1.165) is 18.4 Å². The molecule has 1 heterocycles. The Kier molecular flexibility index (Phi) is 3.10. The highest BCUT2D eigenvalue weighted by Gasteiger charge is 2.20. The Morgan fingerprint density at radius 3 is 2.84 bits per heavy atom. The Morgan fingerprint density at radius 1 is 1.53 bits per heavy atom. The van der Waals surface area contributed by atoms with Crippen molar-refractivity contribution in [2.75, 3.05) is 0 Å². The number of carbonyl (C=O) groups is 1. The van der Waals surface area contributed by atoms with Gasteiger partial charge in [-0.2, -0.15) is 4.98 Å². The molecule has 0 atom stereocenters. The van der Waals surface area contributed by atoms with Gasteiger partial charge in [0, 0.05) is 0 Å². The lowest BCUT2D eigenvalue weighted by atomic mass is 10.3. The molecule has 0 saturated carbocycles. The molecule has 1 aromatic heterocycles. The zero-order valence-corrected chi connectivity index (χ0v) is 9.07. The second kappa shape index (κ2) is 4.72. The molecular weight excluding hydrogens is 263 g/mol. The third kappa shape index (κ3) is 2.65. The van der Waals surface area contributed by atoms with E-state index in [9.17, 15) is 19.3 Å². The molecule has 1 N–H and O–H groups in total. The zero-order valence-electron chi connectivity index (χ0n) is 9.07. The topological polar surface area (TPSA) is 116 Å². The number of hydrogen-bond acceptors (Lipinski definition) is 6. The number of nitro groups is 1. The molecule has 0 radical (unpaired) electrons. The first kappa shape index (κ1) is 12.5. The lowest BCUT2D eigenvalue weighted by Gasteiger charge is -2.01. The SMILES string of the molecule is O=C(O)c1coc(Oc2ccc(F)cc2[N+](=O)[O-])n1. The highest BCUT2D eigenvalue weighted by Crippen LogP contribution is 2.31. The van der Waals surface area contributed by atoms with Crippen molar-refractivity contribution in [1.82, 2.24) is 4.98 Å². The van der Waals surface area contributed by atoms with Crippen LogP contribution >= 0.6 is 0 Å². The van der Waals surface area contributed by atoms with Crippen molar-refractivity contribution in [1.29, 1.82) is 0 Å². The third-order valence-electron chi connectivity index (χ3n) is 2.02. The number of carboxylic acid groups (broad SMARTS) is 1. The van der Waals surface area contributed by atoms with Gasteiger partial charge in [-0.25, -0.2) is 9.18 Å². The van der Waals surface area contributed by atoms with Crippen molar-refractivity contribution in [3.63, 3.8) is 0 Å². The predicted molar refractivity (Wildman–Crippen MR) is 56.6 cm³/mol. The number of ether oxygens (including phenoxy) is 1. The number of nitrogens with zero attached hydrogens (tertiary/aromatic N) is 2. The second-order valence-corrected chi connectivity index (χ2v) is 3.28. The van der Waals surface area contributed by atoms with Crippen LogP contribution < -0.4 is 4.74 Å². The summed E-state index contributed by atoms with van der Waals surface area (Å²) in [6, 6.07) is 2.62. The Bertz CT molecular complexity index is 653. The van der Waals surface area contributed by atoms with Crippen molar-refractivity contribution in [2.45, 2.75) is 0 Å². The van der Waals surface area contributed by atoms with E-state index in [1.165, 1.54) is 0 Å². The van der Waals surface area contributed by atoms with Gasteiger partial charge in [0.2, 0.25) is 5.75 Å². The van der Waals surface area contributed by atoms with Crippen LogP contribution in [0.3, 0.4) is 0 Å². The summed E-state index contributed by atoms with van der Waals surface area (Å²) in [5.41, 5.74) is -1.05. The van der Waals surface area contributed by atoms with Gasteiger partial charge in [-0.05, 0) is 12.1 Å². The number of aromatic carboxylic acids is 1. The van der Waals surface area contributed by atoms with Gasteiger partial charge in [0.1, 0.15) is 12.1 Å². The number of halogens is 1. The molecule has 0 amide bonds. The molecule has 2 aromatic rings. The monoisotopic (exact) mass is 268 g/mol. The first-order chi connectivity index (χ1) is 8.97. The van der Waals surface area contributed by atoms with Crippen molar-refractivity contribution >= 4 is 11.7 Å². The molecule has 0 spiro atoms. The molecule has 98 valence electrons. The van der Waals surface area contributed by atoms with Crippen LogP contribution in [0.5, 0.6) is 11.8 Å². The number of nitro benzene ring substituents is 1. The standard InChI is InChI=1S/C10H5FN2O6/c11-5-1-2-8(7(3-5)13(16)17)19-10-12-6(4-18-10)9(14)15/h1-4H,(H,14,15). The smallest absolute Gasteiger partial charge is 0.400 e. The molecule has 9 heteroatoms. The van der Waals surface area contributed by atoms with Gasteiger partial charge < -0.3 is 14.3 Å². The van der Waals surface area contributed by atoms with E-state index in [-0.39, 0.29) is 5.75 Å². The maximum atomic E-state index is 12.9. The van der Waals surface area contributed by atoms with Gasteiger partial charge >= 0.3 is 17.7 Å². The van der Waals surface area contributed by atoms with Crippen molar-refractivity contribution < 1.29 is 28.4 Å². The van der Waals surface area contributed by atoms with Crippen LogP contribution in [0.4, 0.5) is 10.1 Å². The van der Waals surface area contributed by atoms with E-state index in [4.69, 9.17) is 9.84 Å². The minimum absolute atomic E-state index is 0.315. The molecule has 1 aromatic carbocycles. The normalized spacial score (nSPS) is 10.2. The van der Waals surface area contributed by atoms with E-state index in [1.807, 2.05) is 0 Å². The first-order valence-electron chi connectivity index (χ1n) is 4.78. The van der Waals surface area contributed by atoms with Gasteiger partial charge in [-0.1, -0.05) is 0 Å². The maximum absolute atomic E-state index is 12.9. The molecular formula is C10H5FN2O6. The third-order valence-corrected chi connectivity index (χ3v) is 2.02. The molecule has 0 aliphatic carbocycles. The van der Waals surface area contributed by atoms with E-state index < -0.39 is 34.2 Å². The number of oxazole rings is 1. The average molecular weight is 268 g/mol. The van der Waals surface area contributed by atoms with Crippen LogP contribution in [0.1, 0.15) is 10.5 Å². The number of aromatic nitrogens is 1. The van der Waals surface area contributed by atoms with Crippen LogP contribution in [0.2, 0.25) is 0 Å². The average Bonchev–Trinajstić information content (AvgIpc) is 2.80. The van der Waals surface area contributed by atoms with Gasteiger partial charge in [-0.15, -0.1) is 0 Å². The van der Waals surface area contributed by atoms with Gasteiger partial charge in [0.15, 0.2) is 5.69 Å². The molecule has 0 bridgehead atoms. The van der Waals surface area contributed by atoms with Crippen molar-refractivity contribution in [3.05, 3.63) is 46.1 Å². The second-order valence-electron chi connectivity index (χ2n) is 3.28. The summed E-state index contributed by atoms with van der Waals surface area (Å²) in [4.78, 5) is 23.8. The highest BCUT2D eigenvalue weighted by atomic mass is 19.1. The van der Waals surface area contributed by atoms with Gasteiger partial charge in [-0.3, -0.25) is 10.1 Å². The molecule has 0 unspecified atom stereocenters. The Morgan fingerprint density at radius 2 is 2.26 bits per heavy atom. The van der Waals surface area contributed by atoms with E-state index in [2.05, 4.69) is 9.40 Å². The number of benzene rings is 1. The summed E-state index contributed by atoms with van der Waals surface area (Å²) in [5.74, 6) is -2.46. The largest absolute Gasteiger partial charge is 0.476 e. The van der Waals surface area contributed by atoms with E-state index in [0.29, 0.717) is 6.07 Å². The van der Waals surface area contributed by atoms with Crippen LogP contribution in [0, 0.1) is 15.9 Å². The maximum Gasteiger partial charge on any atom is 0.400 e. The fraction of sp³-hybridized carbons (Fsp3) is 0. The minimum Gasteiger partial charge on any atom is -0.476 e. The molecule has 0 aliphatic heterocycles. The predicted octanol–water partition coefficient (Wildman–Crippen LogP) is 2.21. The molecule has 19 heavy (non-hydrogen) atoms. The zero-order chi connectivity index (χ0) is 14.0. The number of hydrogen-bond donors (Lipinski definition) is 1. The van der Waals surface area contributed by atoms with E-state index >= 15 is 0 Å². The van der Waals surface area contributed by atoms with E-state index in [1.54, 1.807) is 0 Å². The fourth-order valence-electron chi connectivity index (χ4n) is 1.22. The van der Waals surface area contributed by atoms with Crippen LogP contribution in [0.15, 0.2) is 28.9 Å². The summed E-state index contributed by atoms with van der Waals surface area (Å²) >= 11 is 0. The summed E-state index contributed by atoms with van der Waals surface area (Å²) in [7, 11) is 0. The highest BCUT2D eigenvalue weighted by molar-refractivity contribution is 5.84. The fourth-order valence-corrected chi connectivity index (χ4v) is 1.22. The van der Waals surface area contributed by atoms with Crippen molar-refractivity contribution in [3.8, 4) is 11.8 Å².